The Bertz CT molecular complexity index is 1870. The first-order valence-corrected chi connectivity index (χ1v) is 16.3. The molecule has 1 fully saturated rings. The van der Waals surface area contributed by atoms with Crippen LogP contribution in [0.4, 0.5) is 17.6 Å². The molecule has 4 aromatic rings. The Labute approximate surface area is 255 Å². The second-order valence-electron chi connectivity index (χ2n) is 11.4. The van der Waals surface area contributed by atoms with E-state index in [9.17, 15) is 26.6 Å². The minimum atomic E-state index is -4.64. The van der Waals surface area contributed by atoms with Crippen molar-refractivity contribution in [2.24, 2.45) is 12.5 Å². The number of thiazole rings is 1. The highest BCUT2D eigenvalue weighted by Gasteiger charge is 2.52. The molecule has 0 spiro atoms. The molecule has 44 heavy (non-hydrogen) atoms. The molecule has 3 aromatic heterocycles. The number of aryl methyl sites for hydroxylation is 1. The number of aromatic nitrogens is 6. The summed E-state index contributed by atoms with van der Waals surface area (Å²) >= 11 is 0.325. The molecule has 1 saturated carbocycles. The van der Waals surface area contributed by atoms with Crippen molar-refractivity contribution in [3.8, 4) is 5.69 Å². The molecule has 6 rings (SSSR count). The van der Waals surface area contributed by atoms with Gasteiger partial charge in [-0.05, 0) is 81.3 Å². The molecule has 3 heterocycles. The van der Waals surface area contributed by atoms with Crippen LogP contribution in [0.25, 0.3) is 11.8 Å². The van der Waals surface area contributed by atoms with Gasteiger partial charge in [0.05, 0.1) is 45.1 Å². The summed E-state index contributed by atoms with van der Waals surface area (Å²) in [5, 5.41) is 12.8. The Morgan fingerprint density at radius 1 is 1.18 bits per heavy atom. The molecule has 0 aliphatic heterocycles. The molecule has 2 aliphatic rings. The van der Waals surface area contributed by atoms with Crippen LogP contribution in [0.2, 0.25) is 0 Å². The summed E-state index contributed by atoms with van der Waals surface area (Å²) in [6, 6.07) is 5.13. The molecule has 9 nitrogen and oxygen atoms in total. The van der Waals surface area contributed by atoms with Crippen molar-refractivity contribution in [1.29, 1.82) is 0 Å². The van der Waals surface area contributed by atoms with Crippen LogP contribution < -0.4 is 0 Å². The molecular formula is C29H29F4N7O2S2. The quantitative estimate of drug-likeness (QED) is 0.152. The number of hydrogen-bond donors (Lipinski definition) is 0. The van der Waals surface area contributed by atoms with Gasteiger partial charge in [-0.3, -0.25) is 4.79 Å². The fourth-order valence-electron chi connectivity index (χ4n) is 6.39. The maximum atomic E-state index is 14.4. The summed E-state index contributed by atoms with van der Waals surface area (Å²) in [5.41, 5.74) is 1.51. The second kappa shape index (κ2) is 10.7. The van der Waals surface area contributed by atoms with Crippen molar-refractivity contribution in [2.45, 2.75) is 62.8 Å². The number of carbonyl (C=O) groups is 1. The van der Waals surface area contributed by atoms with E-state index in [4.69, 9.17) is 0 Å². The van der Waals surface area contributed by atoms with Crippen LogP contribution in [0.5, 0.6) is 0 Å². The van der Waals surface area contributed by atoms with Gasteiger partial charge in [0.15, 0.2) is 10.0 Å². The Morgan fingerprint density at radius 3 is 2.52 bits per heavy atom. The average molecular weight is 648 g/mol. The molecule has 0 radical (unpaired) electrons. The van der Waals surface area contributed by atoms with Gasteiger partial charge in [-0.2, -0.15) is 28.2 Å². The summed E-state index contributed by atoms with van der Waals surface area (Å²) in [5.74, 6) is 3.14. The topological polar surface area (TPSA) is 98.8 Å². The average Bonchev–Trinajstić information content (AvgIpc) is 3.71. The highest BCUT2D eigenvalue weighted by molar-refractivity contribution is 7.98. The monoisotopic (exact) mass is 647 g/mol. The zero-order chi connectivity index (χ0) is 31.6. The van der Waals surface area contributed by atoms with Crippen molar-refractivity contribution < 1.29 is 26.6 Å². The van der Waals surface area contributed by atoms with E-state index in [0.29, 0.717) is 47.3 Å². The number of rotatable bonds is 7. The summed E-state index contributed by atoms with van der Waals surface area (Å²) in [4.78, 5) is 18.7. The smallest absolute Gasteiger partial charge is 0.290 e. The van der Waals surface area contributed by atoms with Gasteiger partial charge < -0.3 is 0 Å². The highest BCUT2D eigenvalue weighted by atomic mass is 32.2. The van der Waals surface area contributed by atoms with Crippen molar-refractivity contribution in [3.05, 3.63) is 75.4 Å². The SMILES string of the molecule is C=S(=O)(c1cnn(C)n1)N(C(C)C)[C@H]1CCC2=Cc3c(cnn3-c3ccc(F)cc3)C[C@]2(C(=O)c2ncc(C(F)(F)F)s2)C1. The summed E-state index contributed by atoms with van der Waals surface area (Å²) in [6.07, 6.45) is 2.19. The Morgan fingerprint density at radius 2 is 1.91 bits per heavy atom. The van der Waals surface area contributed by atoms with Gasteiger partial charge in [0.1, 0.15) is 10.7 Å². The van der Waals surface area contributed by atoms with Crippen LogP contribution in [0.1, 0.15) is 59.0 Å². The van der Waals surface area contributed by atoms with Crippen LogP contribution in [0.3, 0.4) is 0 Å². The number of halogens is 4. The van der Waals surface area contributed by atoms with E-state index < -0.39 is 43.8 Å². The standard InChI is InChI=1S/C29H29F4N7O2S2/c1-17(2)40(44(4,42)25-16-35-38(3)37-25)22-8-5-19-11-23-18(14-36-39(23)21-9-6-20(30)7-10-21)12-28(19,13-22)26(41)27-34-15-24(43-27)29(31,32)33/h6-7,9-11,14-17,22H,4-5,8,12-13H2,1-3H3/t22-,28-,44?/m0/s1. The van der Waals surface area contributed by atoms with Gasteiger partial charge in [-0.1, -0.05) is 5.57 Å². The number of ketones is 1. The van der Waals surface area contributed by atoms with E-state index in [0.717, 1.165) is 5.57 Å². The fourth-order valence-corrected chi connectivity index (χ4v) is 9.23. The van der Waals surface area contributed by atoms with Gasteiger partial charge >= 0.3 is 6.18 Å². The lowest BCUT2D eigenvalue weighted by Crippen LogP contribution is -2.52. The van der Waals surface area contributed by atoms with Crippen LogP contribution in [0, 0.1) is 11.2 Å². The van der Waals surface area contributed by atoms with Crippen molar-refractivity contribution in [2.75, 3.05) is 0 Å². The maximum Gasteiger partial charge on any atom is 0.427 e. The maximum absolute atomic E-state index is 14.4. The second-order valence-corrected chi connectivity index (χ2v) is 14.5. The first-order valence-electron chi connectivity index (χ1n) is 13.8. The van der Waals surface area contributed by atoms with Crippen LogP contribution in [-0.2, 0) is 29.4 Å². The van der Waals surface area contributed by atoms with Gasteiger partial charge in [0.2, 0.25) is 5.78 Å². The molecule has 0 N–H and O–H groups in total. The van der Waals surface area contributed by atoms with Crippen LogP contribution in [-0.4, -0.2) is 62.0 Å². The lowest BCUT2D eigenvalue weighted by Gasteiger charge is -2.48. The first kappa shape index (κ1) is 30.3. The lowest BCUT2D eigenvalue weighted by molar-refractivity contribution is -0.134. The molecule has 0 saturated heterocycles. The summed E-state index contributed by atoms with van der Waals surface area (Å²) in [7, 11) is -1.54. The number of allylic oxidation sites excluding steroid dienone is 1. The largest absolute Gasteiger partial charge is 0.427 e. The van der Waals surface area contributed by atoms with Gasteiger partial charge in [-0.15, -0.1) is 16.4 Å². The minimum absolute atomic E-state index is 0.154. The number of hydrogen-bond acceptors (Lipinski definition) is 7. The van der Waals surface area contributed by atoms with Gasteiger partial charge in [0, 0.05) is 19.1 Å². The Balaban J connectivity index is 1.45. The molecule has 1 unspecified atom stereocenters. The molecule has 0 bridgehead atoms. The van der Waals surface area contributed by atoms with Crippen molar-refractivity contribution in [1.82, 2.24) is 34.1 Å². The van der Waals surface area contributed by atoms with Crippen LogP contribution >= 0.6 is 11.3 Å². The molecule has 1 aromatic carbocycles. The van der Waals surface area contributed by atoms with E-state index in [1.807, 2.05) is 19.9 Å². The normalized spacial score (nSPS) is 21.6. The predicted octanol–water partition coefficient (Wildman–Crippen LogP) is 5.38. The number of benzene rings is 1. The molecular weight excluding hydrogens is 618 g/mol. The molecule has 232 valence electrons. The van der Waals surface area contributed by atoms with Crippen molar-refractivity contribution in [3.63, 3.8) is 0 Å². The number of Topliss-reactive ketones (excluding diaryl/α,β-unsaturated/α-hetero) is 1. The van der Waals surface area contributed by atoms with E-state index in [1.165, 1.54) is 23.1 Å². The van der Waals surface area contributed by atoms with E-state index in [1.54, 1.807) is 34.4 Å². The molecule has 2 aliphatic carbocycles. The van der Waals surface area contributed by atoms with Gasteiger partial charge in [0.25, 0.3) is 0 Å². The zero-order valence-electron chi connectivity index (χ0n) is 24.1. The minimum Gasteiger partial charge on any atom is -0.290 e. The lowest BCUT2D eigenvalue weighted by atomic mass is 9.61. The van der Waals surface area contributed by atoms with E-state index in [2.05, 4.69) is 26.2 Å². The highest BCUT2D eigenvalue weighted by Crippen LogP contribution is 2.52. The number of nitrogens with zero attached hydrogens (tertiary/aromatic N) is 7. The van der Waals surface area contributed by atoms with Gasteiger partial charge in [-0.25, -0.2) is 22.6 Å². The number of carbonyl (C=O) groups excluding carboxylic acids is 1. The fraction of sp³-hybridized carbons (Fsp3) is 0.379. The zero-order valence-corrected chi connectivity index (χ0v) is 25.7. The summed E-state index contributed by atoms with van der Waals surface area (Å²) in [6.45, 7) is 3.76. The third kappa shape index (κ3) is 5.09. The Kier molecular flexibility index (Phi) is 7.40. The van der Waals surface area contributed by atoms with E-state index in [-0.39, 0.29) is 28.9 Å². The number of alkyl halides is 3. The molecule has 3 atom stereocenters. The predicted molar refractivity (Wildman–Crippen MR) is 158 cm³/mol. The third-order valence-electron chi connectivity index (χ3n) is 8.23. The third-order valence-corrected chi connectivity index (χ3v) is 11.5. The summed E-state index contributed by atoms with van der Waals surface area (Å²) < 4.78 is 71.9. The first-order chi connectivity index (χ1) is 20.7. The van der Waals surface area contributed by atoms with Crippen molar-refractivity contribution >= 4 is 38.8 Å². The molecule has 0 amide bonds. The molecule has 15 heteroatoms. The van der Waals surface area contributed by atoms with E-state index >= 15 is 0 Å². The number of fused-ring (bicyclic) bond motifs is 2. The Hall–Kier alpha value is -3.69. The van der Waals surface area contributed by atoms with Crippen LogP contribution in [0.15, 0.2) is 53.5 Å².